The van der Waals surface area contributed by atoms with Gasteiger partial charge in [0.25, 0.3) is 5.91 Å². The molecule has 0 bridgehead atoms. The molecular weight excluding hydrogens is 335 g/mol. The van der Waals surface area contributed by atoms with Crippen LogP contribution in [0, 0.1) is 5.82 Å². The van der Waals surface area contributed by atoms with Crippen molar-refractivity contribution in [3.05, 3.63) is 47.4 Å². The maximum atomic E-state index is 13.0. The molecule has 0 radical (unpaired) electrons. The second-order valence-electron chi connectivity index (χ2n) is 7.72. The quantitative estimate of drug-likeness (QED) is 0.842. The number of hydrogen-bond acceptors (Lipinski definition) is 5. The Labute approximate surface area is 153 Å². The number of nitrogens with zero attached hydrogens (tertiary/aromatic N) is 4. The van der Waals surface area contributed by atoms with Crippen molar-refractivity contribution in [3.63, 3.8) is 0 Å². The number of piperazine rings is 1. The summed E-state index contributed by atoms with van der Waals surface area (Å²) in [6, 6.07) is 5.68. The van der Waals surface area contributed by atoms with Crippen LogP contribution in [0.15, 0.2) is 28.8 Å². The van der Waals surface area contributed by atoms with Crippen LogP contribution in [-0.2, 0) is 5.41 Å². The molecule has 1 aromatic carbocycles. The summed E-state index contributed by atoms with van der Waals surface area (Å²) >= 11 is 0. The van der Waals surface area contributed by atoms with E-state index in [2.05, 4.69) is 15.0 Å². The van der Waals surface area contributed by atoms with Gasteiger partial charge in [0.2, 0.25) is 5.89 Å². The van der Waals surface area contributed by atoms with Gasteiger partial charge in [0.15, 0.2) is 5.82 Å². The maximum absolute atomic E-state index is 13.0. The van der Waals surface area contributed by atoms with E-state index in [9.17, 15) is 9.18 Å². The Morgan fingerprint density at radius 1 is 1.15 bits per heavy atom. The Balaban J connectivity index is 1.60. The van der Waals surface area contributed by atoms with Gasteiger partial charge in [0.05, 0.1) is 6.04 Å². The molecule has 1 amide bonds. The zero-order valence-corrected chi connectivity index (χ0v) is 15.7. The van der Waals surface area contributed by atoms with Crippen molar-refractivity contribution in [3.8, 4) is 0 Å². The molecule has 1 aromatic heterocycles. The van der Waals surface area contributed by atoms with Gasteiger partial charge >= 0.3 is 0 Å². The second kappa shape index (κ2) is 7.15. The van der Waals surface area contributed by atoms with E-state index in [0.717, 1.165) is 13.1 Å². The Bertz CT molecular complexity index is 759. The molecule has 6 nitrogen and oxygen atoms in total. The number of amides is 1. The van der Waals surface area contributed by atoms with Crippen LogP contribution in [0.4, 0.5) is 4.39 Å². The zero-order valence-electron chi connectivity index (χ0n) is 15.7. The third kappa shape index (κ3) is 3.93. The highest BCUT2D eigenvalue weighted by atomic mass is 19.1. The van der Waals surface area contributed by atoms with Gasteiger partial charge in [-0.1, -0.05) is 25.9 Å². The lowest BCUT2D eigenvalue weighted by molar-refractivity contribution is 0.0551. The van der Waals surface area contributed by atoms with Crippen molar-refractivity contribution in [2.24, 2.45) is 0 Å². The monoisotopic (exact) mass is 360 g/mol. The van der Waals surface area contributed by atoms with Crippen molar-refractivity contribution in [1.29, 1.82) is 0 Å². The smallest absolute Gasteiger partial charge is 0.253 e. The van der Waals surface area contributed by atoms with Crippen LogP contribution in [0.5, 0.6) is 0 Å². The van der Waals surface area contributed by atoms with E-state index in [-0.39, 0.29) is 23.2 Å². The highest BCUT2D eigenvalue weighted by molar-refractivity contribution is 5.94. The van der Waals surface area contributed by atoms with Crippen LogP contribution in [-0.4, -0.2) is 52.0 Å². The molecule has 7 heteroatoms. The molecule has 1 aliphatic rings. The molecule has 1 atom stereocenters. The van der Waals surface area contributed by atoms with Gasteiger partial charge < -0.3 is 9.42 Å². The molecule has 140 valence electrons. The Morgan fingerprint density at radius 3 is 2.31 bits per heavy atom. The van der Waals surface area contributed by atoms with Gasteiger partial charge in [-0.3, -0.25) is 9.69 Å². The summed E-state index contributed by atoms with van der Waals surface area (Å²) < 4.78 is 18.5. The molecule has 1 unspecified atom stereocenters. The van der Waals surface area contributed by atoms with E-state index in [4.69, 9.17) is 4.52 Å². The summed E-state index contributed by atoms with van der Waals surface area (Å²) in [5.41, 5.74) is 0.362. The first-order chi connectivity index (χ1) is 12.3. The first kappa shape index (κ1) is 18.5. The lowest BCUT2D eigenvalue weighted by Gasteiger charge is -2.36. The fraction of sp³-hybridized carbons (Fsp3) is 0.526. The minimum Gasteiger partial charge on any atom is -0.338 e. The maximum Gasteiger partial charge on any atom is 0.253 e. The van der Waals surface area contributed by atoms with Crippen molar-refractivity contribution < 1.29 is 13.7 Å². The highest BCUT2D eigenvalue weighted by Gasteiger charge is 2.29. The number of aromatic nitrogens is 2. The van der Waals surface area contributed by atoms with E-state index in [0.29, 0.717) is 30.4 Å². The van der Waals surface area contributed by atoms with Gasteiger partial charge in [0.1, 0.15) is 5.82 Å². The van der Waals surface area contributed by atoms with Crippen molar-refractivity contribution >= 4 is 5.91 Å². The predicted octanol–water partition coefficient (Wildman–Crippen LogP) is 3.03. The average Bonchev–Trinajstić information content (AvgIpc) is 3.12. The lowest BCUT2D eigenvalue weighted by Crippen LogP contribution is -2.49. The van der Waals surface area contributed by atoms with Gasteiger partial charge in [-0.25, -0.2) is 4.39 Å². The first-order valence-corrected chi connectivity index (χ1v) is 8.88. The SMILES string of the molecule is CC(c1nc(C(C)(C)C)no1)N1CCN(C(=O)c2ccc(F)cc2)CC1. The summed E-state index contributed by atoms with van der Waals surface area (Å²) in [5, 5.41) is 4.09. The van der Waals surface area contributed by atoms with Crippen LogP contribution in [0.3, 0.4) is 0 Å². The molecule has 2 heterocycles. The molecule has 1 aliphatic heterocycles. The highest BCUT2D eigenvalue weighted by Crippen LogP contribution is 2.24. The number of benzene rings is 1. The Kier molecular flexibility index (Phi) is 5.09. The molecule has 1 fully saturated rings. The standard InChI is InChI=1S/C19H25FN4O2/c1-13(16-21-18(22-26-16)19(2,3)4)23-9-11-24(12-10-23)17(25)14-5-7-15(20)8-6-14/h5-8,13H,9-12H2,1-4H3. The minimum atomic E-state index is -0.339. The van der Waals surface area contributed by atoms with E-state index >= 15 is 0 Å². The average molecular weight is 360 g/mol. The molecule has 0 aliphatic carbocycles. The van der Waals surface area contributed by atoms with E-state index in [1.807, 2.05) is 27.7 Å². The van der Waals surface area contributed by atoms with E-state index < -0.39 is 0 Å². The van der Waals surface area contributed by atoms with Gasteiger partial charge in [-0.05, 0) is 31.2 Å². The van der Waals surface area contributed by atoms with Crippen LogP contribution in [0.2, 0.25) is 0 Å². The van der Waals surface area contributed by atoms with E-state index in [1.54, 1.807) is 4.90 Å². The number of carbonyl (C=O) groups is 1. The molecular formula is C19H25FN4O2. The van der Waals surface area contributed by atoms with Crippen molar-refractivity contribution in [2.75, 3.05) is 26.2 Å². The summed E-state index contributed by atoms with van der Waals surface area (Å²) in [6.45, 7) is 10.9. The molecule has 2 aromatic rings. The first-order valence-electron chi connectivity index (χ1n) is 8.88. The zero-order chi connectivity index (χ0) is 18.9. The van der Waals surface area contributed by atoms with Crippen LogP contribution >= 0.6 is 0 Å². The molecule has 0 spiro atoms. The fourth-order valence-corrected chi connectivity index (χ4v) is 2.95. The fourth-order valence-electron chi connectivity index (χ4n) is 2.95. The third-order valence-corrected chi connectivity index (χ3v) is 4.71. The van der Waals surface area contributed by atoms with Gasteiger partial charge in [-0.2, -0.15) is 4.98 Å². The largest absolute Gasteiger partial charge is 0.338 e. The number of hydrogen-bond donors (Lipinski definition) is 0. The molecule has 0 N–H and O–H groups in total. The minimum absolute atomic E-state index is 0.00155. The van der Waals surface area contributed by atoms with Gasteiger partial charge in [-0.15, -0.1) is 0 Å². The Hall–Kier alpha value is -2.28. The molecule has 1 saturated heterocycles. The normalized spacial score (nSPS) is 17.3. The second-order valence-corrected chi connectivity index (χ2v) is 7.72. The molecule has 0 saturated carbocycles. The van der Waals surface area contributed by atoms with Crippen LogP contribution in [0.25, 0.3) is 0 Å². The predicted molar refractivity (Wildman–Crippen MR) is 95.3 cm³/mol. The number of halogens is 1. The number of carbonyl (C=O) groups excluding carboxylic acids is 1. The topological polar surface area (TPSA) is 62.5 Å². The van der Waals surface area contributed by atoms with Crippen molar-refractivity contribution in [2.45, 2.75) is 39.2 Å². The molecule has 3 rings (SSSR count). The van der Waals surface area contributed by atoms with Crippen LogP contribution in [0.1, 0.15) is 55.8 Å². The summed E-state index contributed by atoms with van der Waals surface area (Å²) in [4.78, 5) is 21.1. The summed E-state index contributed by atoms with van der Waals surface area (Å²) in [5.74, 6) is 0.900. The van der Waals surface area contributed by atoms with Crippen molar-refractivity contribution in [1.82, 2.24) is 19.9 Å². The van der Waals surface area contributed by atoms with Gasteiger partial charge in [0, 0.05) is 37.2 Å². The number of rotatable bonds is 3. The Morgan fingerprint density at radius 2 is 1.77 bits per heavy atom. The molecule has 26 heavy (non-hydrogen) atoms. The van der Waals surface area contributed by atoms with Crippen LogP contribution < -0.4 is 0 Å². The third-order valence-electron chi connectivity index (χ3n) is 4.71. The summed E-state index contributed by atoms with van der Waals surface area (Å²) in [6.07, 6.45) is 0. The van der Waals surface area contributed by atoms with E-state index in [1.165, 1.54) is 24.3 Å². The summed E-state index contributed by atoms with van der Waals surface area (Å²) in [7, 11) is 0. The lowest BCUT2D eigenvalue weighted by atomic mass is 9.96.